The maximum absolute atomic E-state index is 11.5. The van der Waals surface area contributed by atoms with Crippen molar-refractivity contribution in [2.24, 2.45) is 0 Å². The zero-order chi connectivity index (χ0) is 14.9. The average molecular weight is 305 g/mol. The minimum absolute atomic E-state index is 0.282. The molecule has 1 saturated carbocycles. The third-order valence-corrected chi connectivity index (χ3v) is 5.73. The smallest absolute Gasteiger partial charge is 0.339 e. The normalized spacial score (nSPS) is 16.8. The number of hydrogen-bond acceptors (Lipinski definition) is 4. The molecule has 2 aromatic rings. The number of para-hydroxylation sites is 1. The molecule has 1 aliphatic rings. The number of carboxylic acids is 1. The molecule has 1 aromatic carbocycles. The highest BCUT2D eigenvalue weighted by molar-refractivity contribution is 8.00. The Kier molecular flexibility index (Phi) is 3.95. The fourth-order valence-electron chi connectivity index (χ4n) is 2.88. The highest BCUT2D eigenvalue weighted by Gasteiger charge is 2.35. The second-order valence-electron chi connectivity index (χ2n) is 5.55. The van der Waals surface area contributed by atoms with Crippen molar-refractivity contribution in [2.45, 2.75) is 30.6 Å². The Balaban J connectivity index is 1.77. The molecule has 0 amide bonds. The monoisotopic (exact) mass is 305 g/mol. The Morgan fingerprint density at radius 2 is 2.19 bits per heavy atom. The van der Waals surface area contributed by atoms with Gasteiger partial charge in [-0.3, -0.25) is 0 Å². The van der Waals surface area contributed by atoms with Gasteiger partial charge >= 0.3 is 5.97 Å². The van der Waals surface area contributed by atoms with Crippen LogP contribution in [0.15, 0.2) is 28.7 Å². The van der Waals surface area contributed by atoms with Gasteiger partial charge in [0.1, 0.15) is 16.9 Å². The van der Waals surface area contributed by atoms with Crippen LogP contribution in [0.5, 0.6) is 0 Å². The molecule has 0 aliphatic heterocycles. The van der Waals surface area contributed by atoms with Crippen LogP contribution in [0.1, 0.15) is 35.4 Å². The van der Waals surface area contributed by atoms with Crippen molar-refractivity contribution >= 4 is 28.7 Å². The molecule has 1 fully saturated rings. The van der Waals surface area contributed by atoms with Gasteiger partial charge in [-0.05, 0) is 25.2 Å². The molecule has 2 N–H and O–H groups in total. The number of aromatic carboxylic acids is 1. The van der Waals surface area contributed by atoms with Gasteiger partial charge in [-0.25, -0.2) is 4.79 Å². The summed E-state index contributed by atoms with van der Waals surface area (Å²) in [5, 5.41) is 13.5. The maximum Gasteiger partial charge on any atom is 0.339 e. The molecule has 5 heteroatoms. The zero-order valence-electron chi connectivity index (χ0n) is 12.0. The van der Waals surface area contributed by atoms with Crippen LogP contribution >= 0.6 is 11.8 Å². The van der Waals surface area contributed by atoms with Crippen LogP contribution in [0.2, 0.25) is 0 Å². The Bertz CT molecular complexity index is 655. The van der Waals surface area contributed by atoms with E-state index in [-0.39, 0.29) is 5.56 Å². The molecular formula is C16H19NO3S. The summed E-state index contributed by atoms with van der Waals surface area (Å²) in [5.74, 6) is -0.417. The largest absolute Gasteiger partial charge is 0.478 e. The summed E-state index contributed by atoms with van der Waals surface area (Å²) in [6.45, 7) is 1.35. The third-order valence-electron chi connectivity index (χ3n) is 4.31. The number of thioether (sulfide) groups is 1. The first-order valence-corrected chi connectivity index (χ1v) is 8.37. The first-order valence-electron chi connectivity index (χ1n) is 7.15. The summed E-state index contributed by atoms with van der Waals surface area (Å²) in [7, 11) is 0. The number of fused-ring (bicyclic) bond motifs is 1. The molecule has 0 saturated heterocycles. The van der Waals surface area contributed by atoms with Crippen molar-refractivity contribution in [2.75, 3.05) is 12.8 Å². The standard InChI is InChI=1S/C16H19NO3S/c1-21-16(7-4-8-16)10-17-9-13-14(15(18)19)11-5-2-3-6-12(11)20-13/h2-3,5-6,17H,4,7-10H2,1H3,(H,18,19). The highest BCUT2D eigenvalue weighted by Crippen LogP contribution is 2.42. The predicted octanol–water partition coefficient (Wildman–Crippen LogP) is 3.51. The minimum Gasteiger partial charge on any atom is -0.478 e. The zero-order valence-corrected chi connectivity index (χ0v) is 12.8. The van der Waals surface area contributed by atoms with E-state index in [1.54, 1.807) is 12.1 Å². The number of furan rings is 1. The first kappa shape index (κ1) is 14.5. The van der Waals surface area contributed by atoms with Crippen molar-refractivity contribution in [3.05, 3.63) is 35.6 Å². The number of carbonyl (C=O) groups is 1. The third kappa shape index (κ3) is 2.68. The lowest BCUT2D eigenvalue weighted by atomic mass is 9.84. The maximum atomic E-state index is 11.5. The second-order valence-corrected chi connectivity index (χ2v) is 6.82. The number of nitrogens with one attached hydrogen (secondary N) is 1. The molecule has 1 aliphatic carbocycles. The molecule has 0 atom stereocenters. The van der Waals surface area contributed by atoms with E-state index in [0.717, 1.165) is 6.54 Å². The van der Waals surface area contributed by atoms with E-state index in [0.29, 0.717) is 28.0 Å². The molecule has 0 spiro atoms. The highest BCUT2D eigenvalue weighted by atomic mass is 32.2. The van der Waals surface area contributed by atoms with Gasteiger partial charge in [0.25, 0.3) is 0 Å². The lowest BCUT2D eigenvalue weighted by Gasteiger charge is -2.40. The summed E-state index contributed by atoms with van der Waals surface area (Å²) in [6.07, 6.45) is 5.89. The Morgan fingerprint density at radius 1 is 1.43 bits per heavy atom. The van der Waals surface area contributed by atoms with E-state index < -0.39 is 5.97 Å². The number of rotatable bonds is 6. The van der Waals surface area contributed by atoms with Gasteiger partial charge in [0, 0.05) is 16.7 Å². The summed E-state index contributed by atoms with van der Waals surface area (Å²) < 4.78 is 6.04. The van der Waals surface area contributed by atoms with E-state index in [2.05, 4.69) is 11.6 Å². The Morgan fingerprint density at radius 3 is 2.81 bits per heavy atom. The SMILES string of the molecule is CSC1(CNCc2oc3ccccc3c2C(=O)O)CCC1. The molecule has 1 aromatic heterocycles. The number of hydrogen-bond donors (Lipinski definition) is 2. The van der Waals surface area contributed by atoms with E-state index in [1.165, 1.54) is 19.3 Å². The molecular weight excluding hydrogens is 286 g/mol. The van der Waals surface area contributed by atoms with E-state index in [9.17, 15) is 9.90 Å². The average Bonchev–Trinajstić information content (AvgIpc) is 2.80. The number of benzene rings is 1. The van der Waals surface area contributed by atoms with E-state index in [1.807, 2.05) is 23.9 Å². The van der Waals surface area contributed by atoms with Crippen molar-refractivity contribution in [1.82, 2.24) is 5.32 Å². The fourth-order valence-corrected chi connectivity index (χ4v) is 3.83. The first-order chi connectivity index (χ1) is 10.2. The van der Waals surface area contributed by atoms with Gasteiger partial charge in [-0.15, -0.1) is 0 Å². The topological polar surface area (TPSA) is 62.5 Å². The van der Waals surface area contributed by atoms with E-state index in [4.69, 9.17) is 4.42 Å². The summed E-state index contributed by atoms with van der Waals surface area (Å²) in [6, 6.07) is 7.28. The van der Waals surface area contributed by atoms with Crippen LogP contribution in [-0.2, 0) is 6.54 Å². The van der Waals surface area contributed by atoms with Crippen molar-refractivity contribution < 1.29 is 14.3 Å². The molecule has 0 radical (unpaired) electrons. The fraction of sp³-hybridized carbons (Fsp3) is 0.438. The molecule has 3 rings (SSSR count). The van der Waals surface area contributed by atoms with Gasteiger partial charge in [0.05, 0.1) is 6.54 Å². The summed E-state index contributed by atoms with van der Waals surface area (Å²) in [5.41, 5.74) is 0.917. The predicted molar refractivity (Wildman–Crippen MR) is 85.0 cm³/mol. The van der Waals surface area contributed by atoms with Crippen molar-refractivity contribution in [3.63, 3.8) is 0 Å². The Hall–Kier alpha value is -1.46. The van der Waals surface area contributed by atoms with Gasteiger partial charge in [-0.1, -0.05) is 24.6 Å². The van der Waals surface area contributed by atoms with Gasteiger partial charge < -0.3 is 14.8 Å². The quantitative estimate of drug-likeness (QED) is 0.855. The molecule has 1 heterocycles. The van der Waals surface area contributed by atoms with Gasteiger partial charge in [0.2, 0.25) is 0 Å². The van der Waals surface area contributed by atoms with Crippen LogP contribution in [0.3, 0.4) is 0 Å². The molecule has 21 heavy (non-hydrogen) atoms. The van der Waals surface area contributed by atoms with Gasteiger partial charge in [0.15, 0.2) is 0 Å². The second kappa shape index (κ2) is 5.73. The van der Waals surface area contributed by atoms with Crippen LogP contribution < -0.4 is 5.32 Å². The van der Waals surface area contributed by atoms with Crippen molar-refractivity contribution in [1.29, 1.82) is 0 Å². The Labute approximate surface area is 127 Å². The number of carboxylic acid groups (broad SMARTS) is 1. The van der Waals surface area contributed by atoms with Gasteiger partial charge in [-0.2, -0.15) is 11.8 Å². The lowest BCUT2D eigenvalue weighted by molar-refractivity contribution is 0.0696. The van der Waals surface area contributed by atoms with Crippen LogP contribution in [0.4, 0.5) is 0 Å². The van der Waals surface area contributed by atoms with E-state index >= 15 is 0 Å². The molecule has 4 nitrogen and oxygen atoms in total. The lowest BCUT2D eigenvalue weighted by Crippen LogP contribution is -2.43. The molecule has 112 valence electrons. The van der Waals surface area contributed by atoms with Crippen LogP contribution in [-0.4, -0.2) is 28.6 Å². The molecule has 0 unspecified atom stereocenters. The summed E-state index contributed by atoms with van der Waals surface area (Å²) >= 11 is 1.90. The molecule has 0 bridgehead atoms. The van der Waals surface area contributed by atoms with Crippen LogP contribution in [0.25, 0.3) is 11.0 Å². The minimum atomic E-state index is -0.931. The van der Waals surface area contributed by atoms with Crippen LogP contribution in [0, 0.1) is 0 Å². The van der Waals surface area contributed by atoms with Crippen molar-refractivity contribution in [3.8, 4) is 0 Å². The summed E-state index contributed by atoms with van der Waals surface area (Å²) in [4.78, 5) is 11.5.